The van der Waals surface area contributed by atoms with Crippen molar-refractivity contribution in [3.63, 3.8) is 0 Å². The van der Waals surface area contributed by atoms with Crippen molar-refractivity contribution in [2.75, 3.05) is 25.0 Å². The molecule has 0 aliphatic heterocycles. The van der Waals surface area contributed by atoms with Crippen LogP contribution in [0.2, 0.25) is 0 Å². The van der Waals surface area contributed by atoms with Crippen LogP contribution in [0.25, 0.3) is 11.4 Å². The van der Waals surface area contributed by atoms with Crippen LogP contribution in [0.15, 0.2) is 30.6 Å². The number of hydrogen-bond acceptors (Lipinski definition) is 4. The number of amides is 2. The number of benzene rings is 1. The number of nitrogens with zero attached hydrogens (tertiary/aromatic N) is 4. The molecule has 0 atom stereocenters. The summed E-state index contributed by atoms with van der Waals surface area (Å²) in [6.07, 6.45) is 3.57. The van der Waals surface area contributed by atoms with Gasteiger partial charge in [0.05, 0.1) is 12.3 Å². The van der Waals surface area contributed by atoms with Crippen molar-refractivity contribution in [3.8, 4) is 11.4 Å². The quantitative estimate of drug-likeness (QED) is 0.779. The van der Waals surface area contributed by atoms with E-state index in [0.29, 0.717) is 18.8 Å². The van der Waals surface area contributed by atoms with Gasteiger partial charge in [0, 0.05) is 25.2 Å². The number of rotatable bonds is 8. The first-order valence-electron chi connectivity index (χ1n) is 8.35. The molecule has 0 fully saturated rings. The van der Waals surface area contributed by atoms with Crippen LogP contribution >= 0.6 is 0 Å². The number of aryl methyl sites for hydroxylation is 1. The monoisotopic (exact) mass is 331 g/mol. The van der Waals surface area contributed by atoms with E-state index in [9.17, 15) is 9.90 Å². The van der Waals surface area contributed by atoms with Crippen molar-refractivity contribution < 1.29 is 9.90 Å². The van der Waals surface area contributed by atoms with Crippen molar-refractivity contribution in [2.24, 2.45) is 0 Å². The first-order valence-corrected chi connectivity index (χ1v) is 8.35. The molecule has 1 heterocycles. The van der Waals surface area contributed by atoms with Gasteiger partial charge in [-0.15, -0.1) is 10.2 Å². The second-order valence-corrected chi connectivity index (χ2v) is 5.48. The Morgan fingerprint density at radius 1 is 1.29 bits per heavy atom. The zero-order chi connectivity index (χ0) is 17.4. The lowest BCUT2D eigenvalue weighted by Crippen LogP contribution is -2.37. The third-order valence-corrected chi connectivity index (χ3v) is 3.80. The standard InChI is InChI=1S/C17H25N5O2/c1-3-5-10-22(11-12-23)17(24)19-15-9-7-6-8-14(15)16-20-18-13-21(16)4-2/h6-9,13,23H,3-5,10-12H2,1-2H3,(H,19,24). The minimum atomic E-state index is -0.215. The summed E-state index contributed by atoms with van der Waals surface area (Å²) in [4.78, 5) is 14.2. The molecular weight excluding hydrogens is 306 g/mol. The molecule has 0 aliphatic rings. The summed E-state index contributed by atoms with van der Waals surface area (Å²) in [5, 5.41) is 20.2. The van der Waals surface area contributed by atoms with Crippen molar-refractivity contribution in [3.05, 3.63) is 30.6 Å². The van der Waals surface area contributed by atoms with Crippen molar-refractivity contribution in [1.29, 1.82) is 0 Å². The van der Waals surface area contributed by atoms with E-state index < -0.39 is 0 Å². The molecule has 130 valence electrons. The number of aliphatic hydroxyl groups is 1. The van der Waals surface area contributed by atoms with E-state index in [-0.39, 0.29) is 12.6 Å². The summed E-state index contributed by atoms with van der Waals surface area (Å²) >= 11 is 0. The largest absolute Gasteiger partial charge is 0.395 e. The van der Waals surface area contributed by atoms with Crippen molar-refractivity contribution in [1.82, 2.24) is 19.7 Å². The summed E-state index contributed by atoms with van der Waals surface area (Å²) in [7, 11) is 0. The zero-order valence-electron chi connectivity index (χ0n) is 14.3. The lowest BCUT2D eigenvalue weighted by molar-refractivity contribution is 0.187. The molecule has 2 amide bonds. The SMILES string of the molecule is CCCCN(CCO)C(=O)Nc1ccccc1-c1nncn1CC. The molecular formula is C17H25N5O2. The predicted molar refractivity (Wildman–Crippen MR) is 93.7 cm³/mol. The first kappa shape index (κ1) is 17.9. The van der Waals surface area contributed by atoms with Crippen LogP contribution in [-0.2, 0) is 6.54 Å². The highest BCUT2D eigenvalue weighted by molar-refractivity contribution is 5.93. The number of nitrogens with one attached hydrogen (secondary N) is 1. The van der Waals surface area contributed by atoms with E-state index >= 15 is 0 Å². The van der Waals surface area contributed by atoms with E-state index in [0.717, 1.165) is 30.8 Å². The van der Waals surface area contributed by atoms with Gasteiger partial charge in [-0.3, -0.25) is 0 Å². The Bertz CT molecular complexity index is 656. The Balaban J connectivity index is 2.22. The number of para-hydroxylation sites is 1. The lowest BCUT2D eigenvalue weighted by Gasteiger charge is -2.22. The molecule has 7 nitrogen and oxygen atoms in total. The molecule has 0 radical (unpaired) electrons. The Labute approximate surface area is 142 Å². The normalized spacial score (nSPS) is 10.6. The van der Waals surface area contributed by atoms with Gasteiger partial charge in [-0.2, -0.15) is 0 Å². The number of aliphatic hydroxyl groups excluding tert-OH is 1. The predicted octanol–water partition coefficient (Wildman–Crippen LogP) is 2.59. The zero-order valence-corrected chi connectivity index (χ0v) is 14.3. The van der Waals surface area contributed by atoms with Gasteiger partial charge in [-0.25, -0.2) is 4.79 Å². The van der Waals surface area contributed by atoms with Gasteiger partial charge < -0.3 is 19.9 Å². The molecule has 24 heavy (non-hydrogen) atoms. The van der Waals surface area contributed by atoms with Gasteiger partial charge >= 0.3 is 6.03 Å². The summed E-state index contributed by atoms with van der Waals surface area (Å²) < 4.78 is 1.92. The van der Waals surface area contributed by atoms with E-state index in [1.54, 1.807) is 11.2 Å². The number of carbonyl (C=O) groups is 1. The van der Waals surface area contributed by atoms with Crippen LogP contribution in [-0.4, -0.2) is 50.5 Å². The van der Waals surface area contributed by atoms with Crippen LogP contribution < -0.4 is 5.32 Å². The fraction of sp³-hybridized carbons (Fsp3) is 0.471. The maximum Gasteiger partial charge on any atom is 0.321 e. The van der Waals surface area contributed by atoms with E-state index in [1.165, 1.54) is 0 Å². The van der Waals surface area contributed by atoms with Crippen LogP contribution in [0.3, 0.4) is 0 Å². The summed E-state index contributed by atoms with van der Waals surface area (Å²) in [6, 6.07) is 7.32. The molecule has 0 unspecified atom stereocenters. The summed E-state index contributed by atoms with van der Waals surface area (Å²) in [5.74, 6) is 0.718. The van der Waals surface area contributed by atoms with Crippen molar-refractivity contribution >= 4 is 11.7 Å². The Hall–Kier alpha value is -2.41. The van der Waals surface area contributed by atoms with Crippen LogP contribution in [0.5, 0.6) is 0 Å². The first-order chi connectivity index (χ1) is 11.7. The smallest absolute Gasteiger partial charge is 0.321 e. The second kappa shape index (κ2) is 9.02. The highest BCUT2D eigenvalue weighted by Gasteiger charge is 2.16. The van der Waals surface area contributed by atoms with Gasteiger partial charge in [0.25, 0.3) is 0 Å². The molecule has 2 N–H and O–H groups in total. The van der Waals surface area contributed by atoms with Gasteiger partial charge in [0.15, 0.2) is 5.82 Å². The van der Waals surface area contributed by atoms with Crippen LogP contribution in [0.1, 0.15) is 26.7 Å². The fourth-order valence-corrected chi connectivity index (χ4v) is 2.46. The molecule has 0 aliphatic carbocycles. The fourth-order valence-electron chi connectivity index (χ4n) is 2.46. The maximum atomic E-state index is 12.5. The maximum absolute atomic E-state index is 12.5. The van der Waals surface area contributed by atoms with E-state index in [1.807, 2.05) is 35.8 Å². The highest BCUT2D eigenvalue weighted by Crippen LogP contribution is 2.26. The molecule has 0 spiro atoms. The number of carbonyl (C=O) groups excluding carboxylic acids is 1. The Morgan fingerprint density at radius 2 is 2.08 bits per heavy atom. The number of urea groups is 1. The third-order valence-electron chi connectivity index (χ3n) is 3.80. The lowest BCUT2D eigenvalue weighted by atomic mass is 10.1. The van der Waals surface area contributed by atoms with Crippen LogP contribution in [0.4, 0.5) is 10.5 Å². The minimum absolute atomic E-state index is 0.0526. The molecule has 1 aromatic carbocycles. The summed E-state index contributed by atoms with van der Waals surface area (Å²) in [5.41, 5.74) is 1.51. The minimum Gasteiger partial charge on any atom is -0.395 e. The Morgan fingerprint density at radius 3 is 2.79 bits per heavy atom. The molecule has 7 heteroatoms. The Kier molecular flexibility index (Phi) is 6.74. The number of anilines is 1. The van der Waals surface area contributed by atoms with Gasteiger partial charge in [0.2, 0.25) is 0 Å². The molecule has 0 saturated carbocycles. The average molecular weight is 331 g/mol. The molecule has 2 aromatic rings. The summed E-state index contributed by atoms with van der Waals surface area (Å²) in [6.45, 7) is 5.72. The molecule has 0 saturated heterocycles. The van der Waals surface area contributed by atoms with Gasteiger partial charge in [-0.1, -0.05) is 25.5 Å². The number of hydrogen-bond donors (Lipinski definition) is 2. The molecule has 1 aromatic heterocycles. The third kappa shape index (κ3) is 4.32. The van der Waals surface area contributed by atoms with Crippen molar-refractivity contribution in [2.45, 2.75) is 33.2 Å². The average Bonchev–Trinajstić information content (AvgIpc) is 3.07. The van der Waals surface area contributed by atoms with Crippen LogP contribution in [0, 0.1) is 0 Å². The van der Waals surface area contributed by atoms with E-state index in [4.69, 9.17) is 0 Å². The topological polar surface area (TPSA) is 83.3 Å². The molecule has 2 rings (SSSR count). The van der Waals surface area contributed by atoms with Gasteiger partial charge in [0.1, 0.15) is 6.33 Å². The highest BCUT2D eigenvalue weighted by atomic mass is 16.3. The molecule has 0 bridgehead atoms. The number of unbranched alkanes of at least 4 members (excludes halogenated alkanes) is 1. The van der Waals surface area contributed by atoms with Gasteiger partial charge in [-0.05, 0) is 25.5 Å². The van der Waals surface area contributed by atoms with E-state index in [2.05, 4.69) is 22.4 Å². The second-order valence-electron chi connectivity index (χ2n) is 5.48. The number of aromatic nitrogens is 3.